The van der Waals surface area contributed by atoms with Crippen LogP contribution in [0.25, 0.3) is 44.5 Å². The third-order valence-corrected chi connectivity index (χ3v) is 15.0. The zero-order valence-electron chi connectivity index (χ0n) is 34.0. The van der Waals surface area contributed by atoms with Gasteiger partial charge in [0.25, 0.3) is 0 Å². The third kappa shape index (κ3) is 7.54. The first-order valence-corrected chi connectivity index (χ1v) is 22.1. The van der Waals surface area contributed by atoms with Gasteiger partial charge in [0.2, 0.25) is 0 Å². The summed E-state index contributed by atoms with van der Waals surface area (Å²) in [7, 11) is -13.0. The molecule has 0 unspecified atom stereocenters. The first-order valence-electron chi connectivity index (χ1n) is 18.8. The largest absolute Gasteiger partial charge is 0.608 e. The number of hydrogen-bond donors (Lipinski definition) is 0. The van der Waals surface area contributed by atoms with Gasteiger partial charge < -0.3 is 4.12 Å². The van der Waals surface area contributed by atoms with Gasteiger partial charge in [-0.2, -0.15) is 0 Å². The Balaban J connectivity index is 1.68. The molecule has 0 aliphatic rings. The van der Waals surface area contributed by atoms with E-state index in [2.05, 4.69) is 0 Å². The molecule has 0 bridgehead atoms. The molecule has 0 atom stereocenters. The van der Waals surface area contributed by atoms with Gasteiger partial charge in [-0.3, -0.25) is 0 Å². The van der Waals surface area contributed by atoms with Gasteiger partial charge in [-0.05, 0) is 172 Å². The smallest absolute Gasteiger partial charge is 0.353 e. The third-order valence-electron chi connectivity index (χ3n) is 10.8. The van der Waals surface area contributed by atoms with Crippen molar-refractivity contribution in [2.24, 2.45) is 0 Å². The van der Waals surface area contributed by atoms with E-state index in [1.54, 1.807) is 36.4 Å². The maximum atomic E-state index is 17.9. The molecule has 6 aromatic carbocycles. The van der Waals surface area contributed by atoms with E-state index in [0.717, 1.165) is 66.8 Å². The second kappa shape index (κ2) is 14.8. The fourth-order valence-corrected chi connectivity index (χ4v) is 13.4. The van der Waals surface area contributed by atoms with Gasteiger partial charge >= 0.3 is 18.0 Å². The summed E-state index contributed by atoms with van der Waals surface area (Å²) in [5, 5.41) is -0.839. The number of aryl methyl sites for hydroxylation is 12. The Bertz CT molecular complexity index is 2080. The fraction of sp³-hybridized carbons (Fsp3) is 0.250. The van der Waals surface area contributed by atoms with Gasteiger partial charge in [-0.1, -0.05) is 107 Å². The molecule has 284 valence electrons. The van der Waals surface area contributed by atoms with Gasteiger partial charge in [-0.25, -0.2) is 16.4 Å². The molecule has 7 heteroatoms. The molecule has 0 heterocycles. The minimum absolute atomic E-state index is 0.234. The normalized spacial score (nSPS) is 12.1. The molecule has 0 saturated heterocycles. The Morgan fingerprint density at radius 2 is 0.509 bits per heavy atom. The van der Waals surface area contributed by atoms with E-state index in [0.29, 0.717) is 22.3 Å². The summed E-state index contributed by atoms with van der Waals surface area (Å²) in [6, 6.07) is 25.7. The van der Waals surface area contributed by atoms with Gasteiger partial charge in [0.05, 0.1) is 0 Å². The average Bonchev–Trinajstić information content (AvgIpc) is 3.02. The molecule has 0 radical (unpaired) electrons. The van der Waals surface area contributed by atoms with Crippen molar-refractivity contribution in [3.8, 4) is 44.5 Å². The number of rotatable bonds is 8. The molecule has 1 nitrogen and oxygen atoms in total. The Morgan fingerprint density at radius 3 is 0.691 bits per heavy atom. The van der Waals surface area contributed by atoms with E-state index < -0.39 is 28.3 Å². The van der Waals surface area contributed by atoms with Crippen LogP contribution in [0.5, 0.6) is 0 Å². The maximum absolute atomic E-state index is 17.9. The van der Waals surface area contributed by atoms with Crippen molar-refractivity contribution in [3.05, 3.63) is 152 Å². The highest BCUT2D eigenvalue weighted by atomic mass is 28.5. The van der Waals surface area contributed by atoms with Gasteiger partial charge in [0.1, 0.15) is 0 Å². The quantitative estimate of drug-likeness (QED) is 0.0850. The van der Waals surface area contributed by atoms with Gasteiger partial charge in [0.15, 0.2) is 0 Å². The van der Waals surface area contributed by atoms with Crippen LogP contribution in [-0.2, 0) is 4.12 Å². The highest BCUT2D eigenvalue weighted by Crippen LogP contribution is 2.40. The predicted octanol–water partition coefficient (Wildman–Crippen LogP) is 12.9. The SMILES string of the molecule is Cc1cc(C)c(-c2cccc(-c3c(C)cc(C)cc3C)c2[Si](F)(F)O[Si](F)(F)c2c(-c3c(C)cc(C)cc3C)cccc2-c2c(C)cc(C)cc2C)c(C)c1. The molecule has 0 saturated carbocycles. The second-order valence-corrected chi connectivity index (χ2v) is 19.6. The van der Waals surface area contributed by atoms with Crippen molar-refractivity contribution < 1.29 is 20.5 Å². The summed E-state index contributed by atoms with van der Waals surface area (Å²) in [6.07, 6.45) is 0. The maximum Gasteiger partial charge on any atom is 0.608 e. The first kappa shape index (κ1) is 40.1. The van der Waals surface area contributed by atoms with Crippen molar-refractivity contribution in [2.75, 3.05) is 0 Å². The van der Waals surface area contributed by atoms with Crippen molar-refractivity contribution in [1.82, 2.24) is 0 Å². The van der Waals surface area contributed by atoms with E-state index in [1.807, 2.05) is 132 Å². The summed E-state index contributed by atoms with van der Waals surface area (Å²) < 4.78 is 77.0. The summed E-state index contributed by atoms with van der Waals surface area (Å²) in [5.41, 5.74) is 13.7. The van der Waals surface area contributed by atoms with E-state index in [1.165, 1.54) is 0 Å². The fourth-order valence-electron chi connectivity index (χ4n) is 9.25. The van der Waals surface area contributed by atoms with Crippen LogP contribution in [0, 0.1) is 83.1 Å². The summed E-state index contributed by atoms with van der Waals surface area (Å²) in [5.74, 6) is 0. The van der Waals surface area contributed by atoms with Crippen LogP contribution in [-0.4, -0.2) is 18.0 Å². The van der Waals surface area contributed by atoms with Gasteiger partial charge in [-0.15, -0.1) is 0 Å². The molecule has 0 aromatic heterocycles. The molecule has 0 spiro atoms. The van der Waals surface area contributed by atoms with Gasteiger partial charge in [0, 0.05) is 10.4 Å². The topological polar surface area (TPSA) is 9.23 Å². The molecule has 0 aliphatic heterocycles. The summed E-state index contributed by atoms with van der Waals surface area (Å²) in [6.45, 7) is 22.9. The highest BCUT2D eigenvalue weighted by molar-refractivity contribution is 6.89. The van der Waals surface area contributed by atoms with Crippen LogP contribution in [0.3, 0.4) is 0 Å². The minimum Gasteiger partial charge on any atom is -0.353 e. The second-order valence-electron chi connectivity index (χ2n) is 15.7. The summed E-state index contributed by atoms with van der Waals surface area (Å²) in [4.78, 5) is 0. The lowest BCUT2D eigenvalue weighted by Gasteiger charge is -2.29. The Morgan fingerprint density at radius 1 is 0.327 bits per heavy atom. The lowest BCUT2D eigenvalue weighted by molar-refractivity contribution is 0.320. The lowest BCUT2D eigenvalue weighted by Crippen LogP contribution is -2.57. The van der Waals surface area contributed by atoms with Crippen LogP contribution in [0.15, 0.2) is 84.9 Å². The minimum atomic E-state index is -6.48. The molecule has 0 fully saturated rings. The Labute approximate surface area is 327 Å². The number of benzene rings is 6. The van der Waals surface area contributed by atoms with E-state index in [4.69, 9.17) is 4.12 Å². The molecule has 6 rings (SSSR count). The van der Waals surface area contributed by atoms with Crippen LogP contribution >= 0.6 is 0 Å². The van der Waals surface area contributed by atoms with Crippen molar-refractivity contribution in [1.29, 1.82) is 0 Å². The molecular weight excluding hydrogens is 725 g/mol. The van der Waals surface area contributed by atoms with Crippen molar-refractivity contribution in [3.63, 3.8) is 0 Å². The predicted molar refractivity (Wildman–Crippen MR) is 228 cm³/mol. The van der Waals surface area contributed by atoms with Crippen molar-refractivity contribution in [2.45, 2.75) is 83.1 Å². The number of hydrogen-bond acceptors (Lipinski definition) is 1. The lowest BCUT2D eigenvalue weighted by atomic mass is 9.89. The van der Waals surface area contributed by atoms with Crippen LogP contribution in [0.2, 0.25) is 0 Å². The summed E-state index contributed by atoms with van der Waals surface area (Å²) >= 11 is 0. The first-order chi connectivity index (χ1) is 25.7. The van der Waals surface area contributed by atoms with Crippen LogP contribution in [0.1, 0.15) is 66.8 Å². The monoisotopic (exact) mass is 774 g/mol. The molecule has 0 N–H and O–H groups in total. The van der Waals surface area contributed by atoms with Crippen LogP contribution in [0.4, 0.5) is 16.4 Å². The van der Waals surface area contributed by atoms with E-state index in [9.17, 15) is 0 Å². The van der Waals surface area contributed by atoms with E-state index in [-0.39, 0.29) is 22.3 Å². The van der Waals surface area contributed by atoms with E-state index >= 15 is 16.4 Å². The molecular formula is C48H50F4OSi2. The number of halogens is 4. The molecule has 55 heavy (non-hydrogen) atoms. The van der Waals surface area contributed by atoms with Crippen molar-refractivity contribution >= 4 is 28.3 Å². The standard InChI is InChI=1S/C48H50F4OSi2/c1-27-19-31(5)43(32(6)20-27)39-15-13-16-40(44-33(7)21-28(2)22-34(44)8)47(39)54(49,50)53-55(51,52)48-41(45-35(9)23-29(3)24-36(45)10)17-14-18-42(48)46-37(11)25-30(4)26-38(46)12/h13-26H,1-12H3. The molecule has 6 aromatic rings. The zero-order valence-corrected chi connectivity index (χ0v) is 36.0. The highest BCUT2D eigenvalue weighted by Gasteiger charge is 2.59. The Hall–Kier alpha value is -4.57. The molecule has 0 amide bonds. The average molecular weight is 775 g/mol. The Kier molecular flexibility index (Phi) is 10.8. The zero-order chi connectivity index (χ0) is 40.3. The van der Waals surface area contributed by atoms with Crippen LogP contribution < -0.4 is 10.4 Å². The molecule has 0 aliphatic carbocycles.